The Morgan fingerprint density at radius 3 is 2.61 bits per heavy atom. The predicted octanol–water partition coefficient (Wildman–Crippen LogP) is 1.28. The van der Waals surface area contributed by atoms with Crippen molar-refractivity contribution in [3.63, 3.8) is 0 Å². The first kappa shape index (κ1) is 15.4. The zero-order valence-corrected chi connectivity index (χ0v) is 11.6. The maximum atomic E-state index is 13.4. The van der Waals surface area contributed by atoms with Crippen LogP contribution in [0.5, 0.6) is 0 Å². The van der Waals surface area contributed by atoms with Crippen LogP contribution in [0, 0.1) is 12.7 Å². The van der Waals surface area contributed by atoms with Crippen molar-refractivity contribution in [3.8, 4) is 0 Å². The molecule has 0 aliphatic carbocycles. The summed E-state index contributed by atoms with van der Waals surface area (Å²) < 4.78 is 39.0. The number of nitrogens with two attached hydrogens (primary N) is 1. The van der Waals surface area contributed by atoms with E-state index < -0.39 is 15.8 Å². The third kappa shape index (κ3) is 2.83. The van der Waals surface area contributed by atoms with Crippen LogP contribution in [0.15, 0.2) is 23.1 Å². The zero-order valence-electron chi connectivity index (χ0n) is 9.97. The first-order valence-corrected chi connectivity index (χ1v) is 6.87. The van der Waals surface area contributed by atoms with Crippen LogP contribution in [0.1, 0.15) is 12.0 Å². The Morgan fingerprint density at radius 2 is 2.11 bits per heavy atom. The molecule has 1 aliphatic heterocycles. The SMILES string of the molecule is Cc1ccc(S(=O)(=O)N2CCC(N)C2)cc1F.Cl. The Balaban J connectivity index is 0.00000162. The highest BCUT2D eigenvalue weighted by Crippen LogP contribution is 2.22. The fourth-order valence-electron chi connectivity index (χ4n) is 1.86. The number of aryl methyl sites for hydroxylation is 1. The van der Waals surface area contributed by atoms with Crippen molar-refractivity contribution in [2.24, 2.45) is 5.73 Å². The van der Waals surface area contributed by atoms with Crippen LogP contribution >= 0.6 is 12.4 Å². The summed E-state index contributed by atoms with van der Waals surface area (Å²) in [7, 11) is -3.60. The second-order valence-electron chi connectivity index (χ2n) is 4.32. The molecule has 1 aromatic carbocycles. The highest BCUT2D eigenvalue weighted by Gasteiger charge is 2.31. The van der Waals surface area contributed by atoms with E-state index in [4.69, 9.17) is 5.73 Å². The molecule has 0 bridgehead atoms. The number of sulfonamides is 1. The molecule has 1 unspecified atom stereocenters. The molecule has 1 aromatic rings. The number of hydrogen-bond acceptors (Lipinski definition) is 3. The number of benzene rings is 1. The van der Waals surface area contributed by atoms with E-state index in [9.17, 15) is 12.8 Å². The van der Waals surface area contributed by atoms with Gasteiger partial charge in [-0.15, -0.1) is 12.4 Å². The summed E-state index contributed by atoms with van der Waals surface area (Å²) in [6.07, 6.45) is 0.646. The maximum Gasteiger partial charge on any atom is 0.243 e. The summed E-state index contributed by atoms with van der Waals surface area (Å²) >= 11 is 0. The predicted molar refractivity (Wildman–Crippen MR) is 69.7 cm³/mol. The van der Waals surface area contributed by atoms with Crippen molar-refractivity contribution in [2.75, 3.05) is 13.1 Å². The molecular weight excluding hydrogens is 279 g/mol. The molecule has 102 valence electrons. The normalized spacial score (nSPS) is 20.7. The van der Waals surface area contributed by atoms with Crippen LogP contribution in [0.4, 0.5) is 4.39 Å². The summed E-state index contributed by atoms with van der Waals surface area (Å²) in [5.41, 5.74) is 6.11. The van der Waals surface area contributed by atoms with E-state index in [-0.39, 0.29) is 23.3 Å². The van der Waals surface area contributed by atoms with E-state index in [1.165, 1.54) is 16.4 Å². The average molecular weight is 295 g/mol. The molecule has 0 aromatic heterocycles. The summed E-state index contributed by atoms with van der Waals surface area (Å²) in [6.45, 7) is 2.30. The molecule has 0 amide bonds. The lowest BCUT2D eigenvalue weighted by Gasteiger charge is -2.16. The Bertz CT molecular complexity index is 536. The quantitative estimate of drug-likeness (QED) is 0.894. The molecule has 1 aliphatic rings. The molecule has 1 fully saturated rings. The van der Waals surface area contributed by atoms with Gasteiger partial charge >= 0.3 is 0 Å². The van der Waals surface area contributed by atoms with Crippen molar-refractivity contribution in [2.45, 2.75) is 24.3 Å². The molecule has 1 heterocycles. The molecule has 0 saturated carbocycles. The van der Waals surface area contributed by atoms with E-state index in [0.717, 1.165) is 6.07 Å². The highest BCUT2D eigenvalue weighted by atomic mass is 35.5. The van der Waals surface area contributed by atoms with Gasteiger partial charge in [0.25, 0.3) is 0 Å². The Labute approximate surface area is 112 Å². The van der Waals surface area contributed by atoms with Crippen LogP contribution in [0.3, 0.4) is 0 Å². The monoisotopic (exact) mass is 294 g/mol. The van der Waals surface area contributed by atoms with Gasteiger partial charge in [0.05, 0.1) is 4.90 Å². The van der Waals surface area contributed by atoms with Crippen molar-refractivity contribution >= 4 is 22.4 Å². The van der Waals surface area contributed by atoms with E-state index in [2.05, 4.69) is 0 Å². The van der Waals surface area contributed by atoms with E-state index >= 15 is 0 Å². The summed E-state index contributed by atoms with van der Waals surface area (Å²) in [4.78, 5) is -0.00491. The summed E-state index contributed by atoms with van der Waals surface area (Å²) in [5, 5.41) is 0. The first-order chi connectivity index (χ1) is 7.91. The van der Waals surface area contributed by atoms with Crippen molar-refractivity contribution in [1.29, 1.82) is 0 Å². The van der Waals surface area contributed by atoms with Gasteiger partial charge < -0.3 is 5.73 Å². The average Bonchev–Trinajstić information content (AvgIpc) is 2.69. The molecule has 1 saturated heterocycles. The van der Waals surface area contributed by atoms with Gasteiger partial charge in [-0.2, -0.15) is 4.31 Å². The van der Waals surface area contributed by atoms with Crippen LogP contribution < -0.4 is 5.73 Å². The van der Waals surface area contributed by atoms with Gasteiger partial charge in [-0.25, -0.2) is 12.8 Å². The van der Waals surface area contributed by atoms with Crippen molar-refractivity contribution in [1.82, 2.24) is 4.31 Å². The molecule has 7 heteroatoms. The summed E-state index contributed by atoms with van der Waals surface area (Å²) in [5.74, 6) is -0.505. The largest absolute Gasteiger partial charge is 0.326 e. The smallest absolute Gasteiger partial charge is 0.243 e. The van der Waals surface area contributed by atoms with E-state index in [0.29, 0.717) is 25.1 Å². The molecule has 18 heavy (non-hydrogen) atoms. The van der Waals surface area contributed by atoms with Gasteiger partial charge in [0.1, 0.15) is 5.82 Å². The standard InChI is InChI=1S/C11H15FN2O2S.ClH/c1-8-2-3-10(6-11(8)12)17(15,16)14-5-4-9(13)7-14;/h2-3,6,9H,4-5,7,13H2,1H3;1H. The Morgan fingerprint density at radius 1 is 1.44 bits per heavy atom. The number of rotatable bonds is 2. The zero-order chi connectivity index (χ0) is 12.6. The third-order valence-electron chi connectivity index (χ3n) is 2.97. The van der Waals surface area contributed by atoms with E-state index in [1.807, 2.05) is 0 Å². The highest BCUT2D eigenvalue weighted by molar-refractivity contribution is 7.89. The van der Waals surface area contributed by atoms with Gasteiger partial charge in [0, 0.05) is 19.1 Å². The topological polar surface area (TPSA) is 63.4 Å². The van der Waals surface area contributed by atoms with Gasteiger partial charge in [0.15, 0.2) is 0 Å². The fraction of sp³-hybridized carbons (Fsp3) is 0.455. The second kappa shape index (κ2) is 5.52. The van der Waals surface area contributed by atoms with Gasteiger partial charge in [-0.05, 0) is 31.0 Å². The minimum absolute atomic E-state index is 0. The minimum atomic E-state index is -3.60. The lowest BCUT2D eigenvalue weighted by molar-refractivity contribution is 0.471. The molecule has 1 atom stereocenters. The molecule has 4 nitrogen and oxygen atoms in total. The number of hydrogen-bond donors (Lipinski definition) is 1. The second-order valence-corrected chi connectivity index (χ2v) is 6.26. The number of halogens is 2. The van der Waals surface area contributed by atoms with Crippen LogP contribution in [0.25, 0.3) is 0 Å². The third-order valence-corrected chi connectivity index (χ3v) is 4.83. The van der Waals surface area contributed by atoms with Gasteiger partial charge in [-0.3, -0.25) is 0 Å². The maximum absolute atomic E-state index is 13.4. The molecule has 2 rings (SSSR count). The Kier molecular flexibility index (Phi) is 4.72. The lowest BCUT2D eigenvalue weighted by Crippen LogP contribution is -2.32. The van der Waals surface area contributed by atoms with Crippen LogP contribution in [-0.4, -0.2) is 31.9 Å². The van der Waals surface area contributed by atoms with Gasteiger partial charge in [-0.1, -0.05) is 6.07 Å². The molecule has 2 N–H and O–H groups in total. The van der Waals surface area contributed by atoms with Crippen molar-refractivity contribution < 1.29 is 12.8 Å². The number of nitrogens with zero attached hydrogens (tertiary/aromatic N) is 1. The van der Waals surface area contributed by atoms with E-state index in [1.54, 1.807) is 6.92 Å². The summed E-state index contributed by atoms with van der Waals surface area (Å²) in [6, 6.07) is 3.84. The Hall–Kier alpha value is -0.690. The fourth-order valence-corrected chi connectivity index (χ4v) is 3.38. The van der Waals surface area contributed by atoms with Gasteiger partial charge in [0.2, 0.25) is 10.0 Å². The lowest BCUT2D eigenvalue weighted by atomic mass is 10.2. The van der Waals surface area contributed by atoms with Crippen molar-refractivity contribution in [3.05, 3.63) is 29.6 Å². The molecular formula is C11H16ClFN2O2S. The van der Waals surface area contributed by atoms with Crippen LogP contribution in [-0.2, 0) is 10.0 Å². The first-order valence-electron chi connectivity index (χ1n) is 5.43. The minimum Gasteiger partial charge on any atom is -0.326 e. The molecule has 0 radical (unpaired) electrons. The molecule has 0 spiro atoms. The van der Waals surface area contributed by atoms with Crippen LogP contribution in [0.2, 0.25) is 0 Å².